The van der Waals surface area contributed by atoms with Crippen LogP contribution in [0.2, 0.25) is 0 Å². The maximum atomic E-state index is 9.03. The van der Waals surface area contributed by atoms with E-state index in [4.69, 9.17) is 5.26 Å². The van der Waals surface area contributed by atoms with Crippen molar-refractivity contribution in [2.24, 2.45) is 5.41 Å². The fourth-order valence-corrected chi connectivity index (χ4v) is 3.97. The average molecular weight is 313 g/mol. The summed E-state index contributed by atoms with van der Waals surface area (Å²) in [5.74, 6) is 0. The van der Waals surface area contributed by atoms with Gasteiger partial charge in [-0.2, -0.15) is 5.26 Å². The predicted molar refractivity (Wildman–Crippen MR) is 75.1 cm³/mol. The first kappa shape index (κ1) is 13.1. The third kappa shape index (κ3) is 3.09. The van der Waals surface area contributed by atoms with Crippen LogP contribution in [0.3, 0.4) is 0 Å². The zero-order valence-corrected chi connectivity index (χ0v) is 12.6. The van der Waals surface area contributed by atoms with E-state index in [-0.39, 0.29) is 5.41 Å². The van der Waals surface area contributed by atoms with Crippen LogP contribution in [0.5, 0.6) is 0 Å². The number of hydrogen-bond acceptors (Lipinski definition) is 3. The Balaban J connectivity index is 2.07. The molecule has 1 unspecified atom stereocenters. The lowest BCUT2D eigenvalue weighted by atomic mass is 9.91. The van der Waals surface area contributed by atoms with Crippen molar-refractivity contribution in [1.82, 2.24) is 5.32 Å². The number of fused-ring (bicyclic) bond motifs is 1. The highest BCUT2D eigenvalue weighted by Gasteiger charge is 2.25. The van der Waals surface area contributed by atoms with Gasteiger partial charge in [0, 0.05) is 17.5 Å². The monoisotopic (exact) mass is 312 g/mol. The lowest BCUT2D eigenvalue weighted by Crippen LogP contribution is -2.32. The molecule has 0 aromatic carbocycles. The first-order chi connectivity index (χ1) is 8.02. The average Bonchev–Trinajstić information content (AvgIpc) is 2.67. The van der Waals surface area contributed by atoms with Gasteiger partial charge in [-0.1, -0.05) is 0 Å². The maximum absolute atomic E-state index is 9.03. The Labute approximate surface area is 115 Å². The second-order valence-corrected chi connectivity index (χ2v) is 7.77. The third-order valence-corrected chi connectivity index (χ3v) is 4.89. The van der Waals surface area contributed by atoms with Gasteiger partial charge in [-0.3, -0.25) is 0 Å². The number of hydrogen-bond donors (Lipinski definition) is 1. The molecule has 0 radical (unpaired) electrons. The van der Waals surface area contributed by atoms with E-state index < -0.39 is 0 Å². The second-order valence-electron chi connectivity index (χ2n) is 5.25. The lowest BCUT2D eigenvalue weighted by molar-refractivity contribution is 0.380. The quantitative estimate of drug-likeness (QED) is 0.914. The SMILES string of the molecule is CC(C)(C#N)CNC1CCCc2sc(Br)cc21. The number of aryl methyl sites for hydroxylation is 1. The summed E-state index contributed by atoms with van der Waals surface area (Å²) in [6.07, 6.45) is 3.62. The molecule has 0 fully saturated rings. The van der Waals surface area contributed by atoms with Gasteiger partial charge in [-0.25, -0.2) is 0 Å². The number of halogens is 1. The topological polar surface area (TPSA) is 35.8 Å². The largest absolute Gasteiger partial charge is 0.308 e. The Morgan fingerprint density at radius 1 is 1.65 bits per heavy atom. The summed E-state index contributed by atoms with van der Waals surface area (Å²) in [4.78, 5) is 1.50. The van der Waals surface area contributed by atoms with E-state index in [1.165, 1.54) is 33.5 Å². The molecule has 0 aliphatic heterocycles. The minimum atomic E-state index is -0.287. The van der Waals surface area contributed by atoms with Crippen LogP contribution in [0.4, 0.5) is 0 Å². The van der Waals surface area contributed by atoms with Crippen LogP contribution < -0.4 is 5.32 Å². The van der Waals surface area contributed by atoms with Crippen LogP contribution in [0, 0.1) is 16.7 Å². The van der Waals surface area contributed by atoms with E-state index >= 15 is 0 Å². The molecule has 92 valence electrons. The third-order valence-electron chi connectivity index (χ3n) is 3.18. The van der Waals surface area contributed by atoms with E-state index in [2.05, 4.69) is 33.4 Å². The maximum Gasteiger partial charge on any atom is 0.0704 e. The Morgan fingerprint density at radius 3 is 3.12 bits per heavy atom. The van der Waals surface area contributed by atoms with Crippen molar-refractivity contribution in [2.45, 2.75) is 39.2 Å². The fraction of sp³-hybridized carbons (Fsp3) is 0.615. The summed E-state index contributed by atoms with van der Waals surface area (Å²) in [7, 11) is 0. The number of thiophene rings is 1. The Morgan fingerprint density at radius 2 is 2.41 bits per heavy atom. The molecule has 2 nitrogen and oxygen atoms in total. The molecular weight excluding hydrogens is 296 g/mol. The first-order valence-electron chi connectivity index (χ1n) is 5.94. The molecule has 0 saturated carbocycles. The Kier molecular flexibility index (Phi) is 3.92. The summed E-state index contributed by atoms with van der Waals surface area (Å²) in [6, 6.07) is 5.00. The molecule has 1 aliphatic rings. The normalized spacial score (nSPS) is 19.8. The second kappa shape index (κ2) is 5.09. The number of nitriles is 1. The summed E-state index contributed by atoms with van der Waals surface area (Å²) in [6.45, 7) is 4.71. The zero-order chi connectivity index (χ0) is 12.5. The van der Waals surface area contributed by atoms with Crippen LogP contribution in [0.1, 0.15) is 43.2 Å². The molecule has 0 amide bonds. The van der Waals surface area contributed by atoms with E-state index in [0.717, 1.165) is 6.54 Å². The highest BCUT2D eigenvalue weighted by molar-refractivity contribution is 9.11. The van der Waals surface area contributed by atoms with Crippen molar-refractivity contribution in [3.63, 3.8) is 0 Å². The van der Waals surface area contributed by atoms with E-state index in [9.17, 15) is 0 Å². The van der Waals surface area contributed by atoms with Gasteiger partial charge in [0.1, 0.15) is 0 Å². The number of nitrogens with zero attached hydrogens (tertiary/aromatic N) is 1. The number of rotatable bonds is 3. The summed E-state index contributed by atoms with van der Waals surface area (Å²) in [5.41, 5.74) is 1.15. The standard InChI is InChI=1S/C13H17BrN2S/c1-13(2,7-15)8-16-10-4-3-5-11-9(10)6-12(14)17-11/h6,10,16H,3-5,8H2,1-2H3. The Hall–Kier alpha value is -0.370. The smallest absolute Gasteiger partial charge is 0.0704 e. The van der Waals surface area contributed by atoms with Gasteiger partial charge in [0.2, 0.25) is 0 Å². The van der Waals surface area contributed by atoms with E-state index in [1.807, 2.05) is 25.2 Å². The molecule has 1 N–H and O–H groups in total. The molecule has 0 spiro atoms. The molecule has 1 aliphatic carbocycles. The van der Waals surface area contributed by atoms with Gasteiger partial charge in [-0.05, 0) is 60.7 Å². The molecule has 2 rings (SSSR count). The van der Waals surface area contributed by atoms with Gasteiger partial charge < -0.3 is 5.32 Å². The molecule has 1 atom stereocenters. The number of nitrogens with one attached hydrogen (secondary N) is 1. The minimum Gasteiger partial charge on any atom is -0.308 e. The minimum absolute atomic E-state index is 0.287. The van der Waals surface area contributed by atoms with E-state index in [1.54, 1.807) is 0 Å². The zero-order valence-electron chi connectivity index (χ0n) is 10.2. The van der Waals surface area contributed by atoms with E-state index in [0.29, 0.717) is 6.04 Å². The molecule has 0 saturated heterocycles. The molecule has 4 heteroatoms. The van der Waals surface area contributed by atoms with Crippen molar-refractivity contribution in [2.75, 3.05) is 6.54 Å². The summed E-state index contributed by atoms with van der Waals surface area (Å²) < 4.78 is 1.22. The summed E-state index contributed by atoms with van der Waals surface area (Å²) >= 11 is 5.41. The molecule has 0 bridgehead atoms. The Bertz CT molecular complexity index is 445. The molecule has 17 heavy (non-hydrogen) atoms. The van der Waals surface area contributed by atoms with Gasteiger partial charge in [-0.15, -0.1) is 11.3 Å². The van der Waals surface area contributed by atoms with Crippen LogP contribution >= 0.6 is 27.3 Å². The van der Waals surface area contributed by atoms with Crippen LogP contribution in [-0.4, -0.2) is 6.54 Å². The lowest BCUT2D eigenvalue weighted by Gasteiger charge is -2.26. The van der Waals surface area contributed by atoms with Crippen molar-refractivity contribution in [3.8, 4) is 6.07 Å². The van der Waals surface area contributed by atoms with Crippen molar-refractivity contribution < 1.29 is 0 Å². The first-order valence-corrected chi connectivity index (χ1v) is 7.55. The van der Waals surface area contributed by atoms with Gasteiger partial charge in [0.05, 0.1) is 15.3 Å². The van der Waals surface area contributed by atoms with Crippen molar-refractivity contribution >= 4 is 27.3 Å². The predicted octanol–water partition coefficient (Wildman–Crippen LogP) is 4.03. The summed E-state index contributed by atoms with van der Waals surface area (Å²) in [5, 5.41) is 12.6. The molecule has 1 heterocycles. The van der Waals surface area contributed by atoms with Crippen LogP contribution in [0.15, 0.2) is 9.85 Å². The molecule has 1 aromatic rings. The van der Waals surface area contributed by atoms with Crippen molar-refractivity contribution in [1.29, 1.82) is 5.26 Å². The van der Waals surface area contributed by atoms with Crippen LogP contribution in [0.25, 0.3) is 0 Å². The fourth-order valence-electron chi connectivity index (χ4n) is 2.15. The highest BCUT2D eigenvalue weighted by atomic mass is 79.9. The van der Waals surface area contributed by atoms with Crippen molar-refractivity contribution in [3.05, 3.63) is 20.3 Å². The van der Waals surface area contributed by atoms with Gasteiger partial charge >= 0.3 is 0 Å². The molecule has 1 aromatic heterocycles. The highest BCUT2D eigenvalue weighted by Crippen LogP contribution is 2.38. The van der Waals surface area contributed by atoms with Gasteiger partial charge in [0.25, 0.3) is 0 Å². The molecular formula is C13H17BrN2S. The van der Waals surface area contributed by atoms with Gasteiger partial charge in [0.15, 0.2) is 0 Å². The van der Waals surface area contributed by atoms with Crippen LogP contribution in [-0.2, 0) is 6.42 Å².